The molecule has 88 valence electrons. The predicted octanol–water partition coefficient (Wildman–Crippen LogP) is 3.53. The first-order valence-electron chi connectivity index (χ1n) is 5.67. The number of hydrogen-bond donors (Lipinski definition) is 1. The Morgan fingerprint density at radius 1 is 1.50 bits per heavy atom. The minimum atomic E-state index is -0.306. The summed E-state index contributed by atoms with van der Waals surface area (Å²) in [5.41, 5.74) is 1.05. The van der Waals surface area contributed by atoms with Gasteiger partial charge in [0.15, 0.2) is 0 Å². The van der Waals surface area contributed by atoms with Gasteiger partial charge in [-0.1, -0.05) is 29.8 Å². The van der Waals surface area contributed by atoms with E-state index in [1.54, 1.807) is 0 Å². The van der Waals surface area contributed by atoms with Crippen molar-refractivity contribution in [1.82, 2.24) is 0 Å². The van der Waals surface area contributed by atoms with Gasteiger partial charge in [-0.05, 0) is 37.1 Å². The van der Waals surface area contributed by atoms with Gasteiger partial charge in [-0.15, -0.1) is 0 Å². The molecule has 1 saturated heterocycles. The van der Waals surface area contributed by atoms with Crippen molar-refractivity contribution in [3.63, 3.8) is 0 Å². The highest BCUT2D eigenvalue weighted by Gasteiger charge is 2.36. The van der Waals surface area contributed by atoms with Crippen LogP contribution in [0.5, 0.6) is 0 Å². The Morgan fingerprint density at radius 3 is 2.88 bits per heavy atom. The highest BCUT2D eigenvalue weighted by molar-refractivity contribution is 8.00. The van der Waals surface area contributed by atoms with Crippen molar-refractivity contribution in [2.75, 3.05) is 5.75 Å². The molecule has 0 bridgehead atoms. The minimum absolute atomic E-state index is 0.0131. The summed E-state index contributed by atoms with van der Waals surface area (Å²) in [5.74, 6) is 1.16. The van der Waals surface area contributed by atoms with E-state index in [0.717, 1.165) is 22.8 Å². The molecule has 0 radical (unpaired) electrons. The Morgan fingerprint density at radius 2 is 2.25 bits per heavy atom. The van der Waals surface area contributed by atoms with Crippen LogP contribution in [-0.2, 0) is 6.42 Å². The number of rotatable bonds is 3. The summed E-state index contributed by atoms with van der Waals surface area (Å²) < 4.78 is 0.0131. The van der Waals surface area contributed by atoms with E-state index < -0.39 is 0 Å². The highest BCUT2D eigenvalue weighted by atomic mass is 35.5. The fraction of sp³-hybridized carbons (Fsp3) is 0.538. The lowest BCUT2D eigenvalue weighted by Gasteiger charge is -2.29. The van der Waals surface area contributed by atoms with Crippen LogP contribution in [0.4, 0.5) is 0 Å². The first kappa shape index (κ1) is 12.3. The smallest absolute Gasteiger partial charge is 0.0724 e. The number of hydrogen-bond acceptors (Lipinski definition) is 2. The lowest BCUT2D eigenvalue weighted by atomic mass is 9.93. The van der Waals surface area contributed by atoms with Gasteiger partial charge in [0, 0.05) is 16.2 Å². The van der Waals surface area contributed by atoms with Crippen LogP contribution in [0.1, 0.15) is 25.3 Å². The third kappa shape index (κ3) is 2.55. The lowest BCUT2D eigenvalue weighted by Crippen LogP contribution is -2.35. The van der Waals surface area contributed by atoms with Crippen LogP contribution in [0.15, 0.2) is 24.3 Å². The molecule has 0 saturated carbocycles. The molecule has 1 aromatic rings. The molecule has 0 amide bonds. The van der Waals surface area contributed by atoms with Gasteiger partial charge in [0.05, 0.1) is 6.10 Å². The minimum Gasteiger partial charge on any atom is -0.391 e. The molecule has 16 heavy (non-hydrogen) atoms. The number of thioether (sulfide) groups is 1. The van der Waals surface area contributed by atoms with Gasteiger partial charge in [0.2, 0.25) is 0 Å². The Bertz CT molecular complexity index is 361. The molecule has 1 heterocycles. The van der Waals surface area contributed by atoms with Gasteiger partial charge in [-0.25, -0.2) is 0 Å². The van der Waals surface area contributed by atoms with Gasteiger partial charge in [0.25, 0.3) is 0 Å². The third-order valence-electron chi connectivity index (χ3n) is 3.33. The topological polar surface area (TPSA) is 20.2 Å². The van der Waals surface area contributed by atoms with Crippen molar-refractivity contribution in [3.8, 4) is 0 Å². The maximum Gasteiger partial charge on any atom is 0.0724 e. The monoisotopic (exact) mass is 256 g/mol. The second-order valence-corrected chi connectivity index (χ2v) is 6.61. The number of halogens is 1. The van der Waals surface area contributed by atoms with Gasteiger partial charge < -0.3 is 5.11 Å². The molecular formula is C13H17ClOS. The maximum atomic E-state index is 10.3. The lowest BCUT2D eigenvalue weighted by molar-refractivity contribution is 0.133. The summed E-state index contributed by atoms with van der Waals surface area (Å²) >= 11 is 7.99. The summed E-state index contributed by atoms with van der Waals surface area (Å²) in [7, 11) is 0. The van der Waals surface area contributed by atoms with Crippen LogP contribution >= 0.6 is 23.4 Å². The quantitative estimate of drug-likeness (QED) is 0.893. The molecule has 0 aliphatic carbocycles. The third-order valence-corrected chi connectivity index (χ3v) is 5.32. The highest BCUT2D eigenvalue weighted by Crippen LogP contribution is 2.41. The molecule has 1 aromatic carbocycles. The Balaban J connectivity index is 2.07. The zero-order valence-electron chi connectivity index (χ0n) is 9.45. The molecule has 3 heteroatoms. The average Bonchev–Trinajstić information content (AvgIpc) is 2.70. The van der Waals surface area contributed by atoms with Gasteiger partial charge in [-0.3, -0.25) is 0 Å². The average molecular weight is 257 g/mol. The second kappa shape index (κ2) is 4.99. The van der Waals surface area contributed by atoms with E-state index in [1.165, 1.54) is 6.42 Å². The molecule has 0 aromatic heterocycles. The Hall–Kier alpha value is -0.180. The Kier molecular flexibility index (Phi) is 3.83. The summed E-state index contributed by atoms with van der Waals surface area (Å²) in [6.45, 7) is 2.16. The molecule has 2 unspecified atom stereocenters. The van der Waals surface area contributed by atoms with Gasteiger partial charge >= 0.3 is 0 Å². The van der Waals surface area contributed by atoms with Crippen molar-refractivity contribution in [2.24, 2.45) is 0 Å². The van der Waals surface area contributed by atoms with E-state index in [2.05, 4.69) is 6.92 Å². The second-order valence-electron chi connectivity index (χ2n) is 4.58. The molecule has 1 fully saturated rings. The van der Waals surface area contributed by atoms with E-state index in [-0.39, 0.29) is 10.9 Å². The van der Waals surface area contributed by atoms with Crippen LogP contribution in [-0.4, -0.2) is 21.7 Å². The van der Waals surface area contributed by atoms with Crippen LogP contribution in [0, 0.1) is 0 Å². The molecule has 2 atom stereocenters. The summed E-state index contributed by atoms with van der Waals surface area (Å²) in [5, 5.41) is 11.1. The Labute approximate surface area is 106 Å². The predicted molar refractivity (Wildman–Crippen MR) is 71.3 cm³/mol. The van der Waals surface area contributed by atoms with E-state index in [4.69, 9.17) is 11.6 Å². The molecule has 0 spiro atoms. The van der Waals surface area contributed by atoms with Crippen LogP contribution in [0.2, 0.25) is 5.02 Å². The number of benzene rings is 1. The zero-order valence-corrected chi connectivity index (χ0v) is 11.0. The largest absolute Gasteiger partial charge is 0.391 e. The van der Waals surface area contributed by atoms with Gasteiger partial charge in [-0.2, -0.15) is 11.8 Å². The van der Waals surface area contributed by atoms with E-state index in [1.807, 2.05) is 36.0 Å². The fourth-order valence-corrected chi connectivity index (χ4v) is 3.68. The molecule has 2 rings (SSSR count). The molecule has 1 aliphatic rings. The number of aliphatic hydroxyl groups excluding tert-OH is 1. The first-order chi connectivity index (χ1) is 7.62. The first-order valence-corrected chi connectivity index (χ1v) is 7.03. The molecular weight excluding hydrogens is 240 g/mol. The van der Waals surface area contributed by atoms with Crippen LogP contribution in [0.3, 0.4) is 0 Å². The van der Waals surface area contributed by atoms with E-state index >= 15 is 0 Å². The van der Waals surface area contributed by atoms with Crippen molar-refractivity contribution in [2.45, 2.75) is 37.0 Å². The SMILES string of the molecule is CC1(C(O)Cc2ccccc2Cl)CCCS1. The van der Waals surface area contributed by atoms with Crippen molar-refractivity contribution in [3.05, 3.63) is 34.9 Å². The standard InChI is InChI=1S/C13H17ClOS/c1-13(7-4-8-16-13)12(15)9-10-5-2-3-6-11(10)14/h2-3,5-6,12,15H,4,7-9H2,1H3. The molecule has 1 aliphatic heterocycles. The normalized spacial score (nSPS) is 26.9. The summed E-state index contributed by atoms with van der Waals surface area (Å²) in [4.78, 5) is 0. The summed E-state index contributed by atoms with van der Waals surface area (Å²) in [6, 6.07) is 7.77. The molecule has 1 N–H and O–H groups in total. The van der Waals surface area contributed by atoms with Crippen molar-refractivity contribution >= 4 is 23.4 Å². The van der Waals surface area contributed by atoms with Crippen molar-refractivity contribution < 1.29 is 5.11 Å². The molecule has 1 nitrogen and oxygen atoms in total. The van der Waals surface area contributed by atoms with Crippen molar-refractivity contribution in [1.29, 1.82) is 0 Å². The number of aliphatic hydroxyl groups is 1. The van der Waals surface area contributed by atoms with E-state index in [0.29, 0.717) is 6.42 Å². The van der Waals surface area contributed by atoms with Crippen LogP contribution < -0.4 is 0 Å². The fourth-order valence-electron chi connectivity index (χ4n) is 2.15. The van der Waals surface area contributed by atoms with E-state index in [9.17, 15) is 5.11 Å². The zero-order chi connectivity index (χ0) is 11.6. The van der Waals surface area contributed by atoms with Gasteiger partial charge in [0.1, 0.15) is 0 Å². The van der Waals surface area contributed by atoms with Crippen LogP contribution in [0.25, 0.3) is 0 Å². The summed E-state index contributed by atoms with van der Waals surface area (Å²) in [6.07, 6.45) is 2.66. The maximum absolute atomic E-state index is 10.3.